The Balaban J connectivity index is 1.82. The first kappa shape index (κ1) is 12.9. The summed E-state index contributed by atoms with van der Waals surface area (Å²) < 4.78 is 0.986. The zero-order valence-electron chi connectivity index (χ0n) is 11.5. The van der Waals surface area contributed by atoms with Crippen molar-refractivity contribution < 1.29 is 4.79 Å². The van der Waals surface area contributed by atoms with Crippen molar-refractivity contribution in [3.8, 4) is 0 Å². The molecule has 106 valence electrons. The first-order valence-corrected chi connectivity index (χ1v) is 8.04. The van der Waals surface area contributed by atoms with Gasteiger partial charge in [0.25, 0.3) is 5.91 Å². The van der Waals surface area contributed by atoms with Crippen LogP contribution in [0.25, 0.3) is 11.6 Å². The topological polar surface area (TPSA) is 44.9 Å². The summed E-state index contributed by atoms with van der Waals surface area (Å²) in [5.74, 6) is -0.0196. The molecule has 0 atom stereocenters. The second kappa shape index (κ2) is 4.88. The number of hydrogen-bond donors (Lipinski definition) is 2. The first-order valence-electron chi connectivity index (χ1n) is 7.24. The molecule has 0 spiro atoms. The summed E-state index contributed by atoms with van der Waals surface area (Å²) in [4.78, 5) is 15.6. The largest absolute Gasteiger partial charge is 0.364 e. The zero-order chi connectivity index (χ0) is 14.4. The summed E-state index contributed by atoms with van der Waals surface area (Å²) in [6.07, 6.45) is 8.76. The monoisotopic (exact) mass is 342 g/mol. The number of benzene rings is 1. The molecule has 2 N–H and O–H groups in total. The second-order valence-corrected chi connectivity index (χ2v) is 6.53. The van der Waals surface area contributed by atoms with Gasteiger partial charge in [-0.1, -0.05) is 15.9 Å². The Morgan fingerprint density at radius 1 is 1.19 bits per heavy atom. The number of halogens is 1. The summed E-state index contributed by atoms with van der Waals surface area (Å²) in [5.41, 5.74) is 6.48. The number of fused-ring (bicyclic) bond motifs is 2. The van der Waals surface area contributed by atoms with Gasteiger partial charge in [0.05, 0.1) is 0 Å². The lowest BCUT2D eigenvalue weighted by molar-refractivity contribution is -0.110. The standard InChI is InChI=1S/C17H15BrN2O/c18-11-5-6-16-13(8-11)14(17(21)20-16)7-10-9-19-15-4-2-1-3-12(10)15/h5-9,19H,1-4H2,(H,20,21). The van der Waals surface area contributed by atoms with E-state index >= 15 is 0 Å². The van der Waals surface area contributed by atoms with E-state index < -0.39 is 0 Å². The third-order valence-electron chi connectivity index (χ3n) is 4.28. The van der Waals surface area contributed by atoms with Crippen LogP contribution in [0.2, 0.25) is 0 Å². The van der Waals surface area contributed by atoms with Crippen molar-refractivity contribution in [2.75, 3.05) is 5.32 Å². The minimum Gasteiger partial charge on any atom is -0.364 e. The molecule has 0 bridgehead atoms. The van der Waals surface area contributed by atoms with Crippen LogP contribution in [0.4, 0.5) is 5.69 Å². The Hall–Kier alpha value is -1.81. The molecule has 1 aromatic carbocycles. The van der Waals surface area contributed by atoms with E-state index in [0.29, 0.717) is 0 Å². The lowest BCUT2D eigenvalue weighted by Gasteiger charge is -2.11. The molecular weight excluding hydrogens is 328 g/mol. The Labute approximate surface area is 131 Å². The van der Waals surface area contributed by atoms with Crippen molar-refractivity contribution in [2.24, 2.45) is 0 Å². The highest BCUT2D eigenvalue weighted by molar-refractivity contribution is 9.10. The van der Waals surface area contributed by atoms with Gasteiger partial charge in [0.15, 0.2) is 0 Å². The summed E-state index contributed by atoms with van der Waals surface area (Å²) in [5, 5.41) is 2.93. The normalized spacial score (nSPS) is 18.5. The van der Waals surface area contributed by atoms with Crippen LogP contribution in [-0.2, 0) is 17.6 Å². The van der Waals surface area contributed by atoms with Crippen molar-refractivity contribution in [1.29, 1.82) is 0 Å². The summed E-state index contributed by atoms with van der Waals surface area (Å²) in [7, 11) is 0. The number of carbonyl (C=O) groups is 1. The van der Waals surface area contributed by atoms with Crippen LogP contribution in [0.5, 0.6) is 0 Å². The Bertz CT molecular complexity index is 773. The lowest BCUT2D eigenvalue weighted by atomic mass is 9.94. The first-order chi connectivity index (χ1) is 10.2. The maximum Gasteiger partial charge on any atom is 0.256 e. The molecule has 4 rings (SSSR count). The maximum atomic E-state index is 12.2. The minimum absolute atomic E-state index is 0.0196. The average Bonchev–Trinajstić information content (AvgIpc) is 3.02. The van der Waals surface area contributed by atoms with Gasteiger partial charge >= 0.3 is 0 Å². The molecule has 2 aromatic rings. The molecule has 1 aromatic heterocycles. The second-order valence-electron chi connectivity index (χ2n) is 5.61. The Morgan fingerprint density at radius 2 is 2.05 bits per heavy atom. The van der Waals surface area contributed by atoms with Gasteiger partial charge in [-0.15, -0.1) is 0 Å². The predicted octanol–water partition coefficient (Wildman–Crippen LogP) is 4.15. The minimum atomic E-state index is -0.0196. The number of nitrogens with one attached hydrogen (secondary N) is 2. The highest BCUT2D eigenvalue weighted by Crippen LogP contribution is 2.36. The van der Waals surface area contributed by atoms with Gasteiger partial charge in [0.1, 0.15) is 0 Å². The number of aromatic nitrogens is 1. The van der Waals surface area contributed by atoms with Gasteiger partial charge in [-0.05, 0) is 61.1 Å². The highest BCUT2D eigenvalue weighted by Gasteiger charge is 2.25. The van der Waals surface area contributed by atoms with Crippen LogP contribution in [0.15, 0.2) is 28.9 Å². The van der Waals surface area contributed by atoms with E-state index in [0.717, 1.165) is 39.7 Å². The van der Waals surface area contributed by atoms with E-state index in [1.807, 2.05) is 30.5 Å². The molecule has 1 amide bonds. The fraction of sp³-hybridized carbons (Fsp3) is 0.235. The number of amides is 1. The molecule has 0 saturated heterocycles. The smallest absolute Gasteiger partial charge is 0.256 e. The number of anilines is 1. The molecule has 4 heteroatoms. The number of aromatic amines is 1. The quantitative estimate of drug-likeness (QED) is 0.751. The molecule has 3 nitrogen and oxygen atoms in total. The van der Waals surface area contributed by atoms with E-state index in [-0.39, 0.29) is 5.91 Å². The highest BCUT2D eigenvalue weighted by atomic mass is 79.9. The van der Waals surface area contributed by atoms with Crippen LogP contribution in [0, 0.1) is 0 Å². The molecule has 0 unspecified atom stereocenters. The van der Waals surface area contributed by atoms with E-state index in [4.69, 9.17) is 0 Å². The molecular formula is C17H15BrN2O. The third-order valence-corrected chi connectivity index (χ3v) is 4.78. The zero-order valence-corrected chi connectivity index (χ0v) is 13.1. The maximum absolute atomic E-state index is 12.2. The molecule has 1 aliphatic heterocycles. The molecule has 0 fully saturated rings. The Morgan fingerprint density at radius 3 is 2.95 bits per heavy atom. The third kappa shape index (κ3) is 2.14. The Kier molecular flexibility index (Phi) is 3.00. The van der Waals surface area contributed by atoms with Gasteiger partial charge in [-0.3, -0.25) is 4.79 Å². The van der Waals surface area contributed by atoms with Crippen LogP contribution >= 0.6 is 15.9 Å². The molecule has 0 radical (unpaired) electrons. The molecule has 1 aliphatic carbocycles. The summed E-state index contributed by atoms with van der Waals surface area (Å²) in [6.45, 7) is 0. The molecule has 21 heavy (non-hydrogen) atoms. The SMILES string of the molecule is O=C1Nc2ccc(Br)cc2C1=Cc1c[nH]c2c1CCCC2. The number of aryl methyl sites for hydroxylation is 1. The van der Waals surface area contributed by atoms with E-state index in [1.165, 1.54) is 24.1 Å². The van der Waals surface area contributed by atoms with Crippen LogP contribution in [0.1, 0.15) is 35.2 Å². The van der Waals surface area contributed by atoms with Crippen molar-refractivity contribution in [3.05, 3.63) is 51.3 Å². The van der Waals surface area contributed by atoms with E-state index in [2.05, 4.69) is 26.2 Å². The van der Waals surface area contributed by atoms with Crippen molar-refractivity contribution in [1.82, 2.24) is 4.98 Å². The lowest BCUT2D eigenvalue weighted by Crippen LogP contribution is -2.04. The summed E-state index contributed by atoms with van der Waals surface area (Å²) in [6, 6.07) is 5.88. The fourth-order valence-corrected chi connectivity index (χ4v) is 3.58. The summed E-state index contributed by atoms with van der Waals surface area (Å²) >= 11 is 3.48. The van der Waals surface area contributed by atoms with Crippen LogP contribution < -0.4 is 5.32 Å². The molecule has 2 aliphatic rings. The van der Waals surface area contributed by atoms with Gasteiger partial charge in [0.2, 0.25) is 0 Å². The van der Waals surface area contributed by atoms with E-state index in [9.17, 15) is 4.79 Å². The van der Waals surface area contributed by atoms with Gasteiger partial charge in [-0.25, -0.2) is 0 Å². The van der Waals surface area contributed by atoms with Crippen molar-refractivity contribution in [2.45, 2.75) is 25.7 Å². The average molecular weight is 343 g/mol. The van der Waals surface area contributed by atoms with Crippen LogP contribution in [0.3, 0.4) is 0 Å². The van der Waals surface area contributed by atoms with Gasteiger partial charge in [-0.2, -0.15) is 0 Å². The number of hydrogen-bond acceptors (Lipinski definition) is 1. The van der Waals surface area contributed by atoms with Crippen molar-refractivity contribution in [3.63, 3.8) is 0 Å². The number of carbonyl (C=O) groups excluding carboxylic acids is 1. The van der Waals surface area contributed by atoms with Crippen LogP contribution in [-0.4, -0.2) is 10.9 Å². The predicted molar refractivity (Wildman–Crippen MR) is 88.1 cm³/mol. The van der Waals surface area contributed by atoms with E-state index in [1.54, 1.807) is 0 Å². The van der Waals surface area contributed by atoms with Gasteiger partial charge in [0, 0.05) is 33.2 Å². The number of H-pyrrole nitrogens is 1. The van der Waals surface area contributed by atoms with Crippen molar-refractivity contribution >= 4 is 39.2 Å². The van der Waals surface area contributed by atoms with Gasteiger partial charge < -0.3 is 10.3 Å². The molecule has 0 saturated carbocycles. The number of rotatable bonds is 1. The molecule has 2 heterocycles. The fourth-order valence-electron chi connectivity index (χ4n) is 3.22.